The first-order valence-electron chi connectivity index (χ1n) is 7.37. The van der Waals surface area contributed by atoms with E-state index < -0.39 is 15.4 Å². The average molecular weight is 311 g/mol. The van der Waals surface area contributed by atoms with E-state index in [4.69, 9.17) is 10.5 Å². The summed E-state index contributed by atoms with van der Waals surface area (Å²) in [5, 5.41) is -0.260. The fourth-order valence-electron chi connectivity index (χ4n) is 3.27. The normalized spacial score (nSPS) is 26.1. The van der Waals surface area contributed by atoms with E-state index in [1.807, 2.05) is 31.2 Å². The molecule has 118 valence electrons. The fraction of sp³-hybridized carbons (Fsp3) is 0.625. The summed E-state index contributed by atoms with van der Waals surface area (Å²) in [7, 11) is -1.36. The van der Waals surface area contributed by atoms with Crippen molar-refractivity contribution in [3.8, 4) is 5.75 Å². The highest BCUT2D eigenvalue weighted by atomic mass is 32.2. The van der Waals surface area contributed by atoms with Gasteiger partial charge in [-0.15, -0.1) is 0 Å². The first-order chi connectivity index (χ1) is 9.75. The van der Waals surface area contributed by atoms with Crippen LogP contribution in [0.25, 0.3) is 0 Å². The lowest BCUT2D eigenvalue weighted by atomic mass is 9.72. The van der Waals surface area contributed by atoms with Gasteiger partial charge in [-0.25, -0.2) is 8.42 Å². The zero-order chi connectivity index (χ0) is 15.7. The minimum absolute atomic E-state index is 0.165. The summed E-state index contributed by atoms with van der Waals surface area (Å²) in [5.41, 5.74) is 7.05. The van der Waals surface area contributed by atoms with E-state index in [0.717, 1.165) is 30.6 Å². The Kier molecular flexibility index (Phi) is 4.63. The highest BCUT2D eigenvalue weighted by Crippen LogP contribution is 2.39. The maximum absolute atomic E-state index is 11.8. The third kappa shape index (κ3) is 3.58. The van der Waals surface area contributed by atoms with E-state index in [2.05, 4.69) is 0 Å². The van der Waals surface area contributed by atoms with Gasteiger partial charge in [0.25, 0.3) is 0 Å². The zero-order valence-corrected chi connectivity index (χ0v) is 13.8. The Morgan fingerprint density at radius 2 is 2.05 bits per heavy atom. The topological polar surface area (TPSA) is 69.4 Å². The molecule has 1 aliphatic rings. The van der Waals surface area contributed by atoms with Crippen LogP contribution in [0.4, 0.5) is 0 Å². The van der Waals surface area contributed by atoms with Gasteiger partial charge in [-0.1, -0.05) is 18.6 Å². The van der Waals surface area contributed by atoms with Crippen LogP contribution in [-0.4, -0.2) is 27.0 Å². The standard InChI is InChI=1S/C16H25NO3S/c1-16(17,12-6-4-8-14(10-12)20-2)13-7-5-9-15(11-13)21(3,18)19/h4,6,8,10,13,15H,5,7,9,11,17H2,1-3H3. The van der Waals surface area contributed by atoms with Gasteiger partial charge in [0.05, 0.1) is 12.4 Å². The minimum Gasteiger partial charge on any atom is -0.497 e. The van der Waals surface area contributed by atoms with Crippen LogP contribution in [0.15, 0.2) is 24.3 Å². The van der Waals surface area contributed by atoms with Crippen LogP contribution in [0, 0.1) is 5.92 Å². The highest BCUT2D eigenvalue weighted by Gasteiger charge is 2.38. The van der Waals surface area contributed by atoms with Crippen molar-refractivity contribution < 1.29 is 13.2 Å². The summed E-state index contributed by atoms with van der Waals surface area (Å²) >= 11 is 0. The molecular weight excluding hydrogens is 286 g/mol. The molecule has 0 bridgehead atoms. The van der Waals surface area contributed by atoms with Gasteiger partial charge < -0.3 is 10.5 Å². The molecule has 3 atom stereocenters. The molecule has 0 heterocycles. The fourth-order valence-corrected chi connectivity index (χ4v) is 4.45. The lowest BCUT2D eigenvalue weighted by Gasteiger charge is -2.39. The molecule has 0 radical (unpaired) electrons. The second-order valence-electron chi connectivity index (χ2n) is 6.33. The number of sulfone groups is 1. The molecule has 0 aromatic heterocycles. The summed E-state index contributed by atoms with van der Waals surface area (Å²) in [6, 6.07) is 7.76. The molecule has 4 nitrogen and oxygen atoms in total. The second kappa shape index (κ2) is 5.97. The Bertz CT molecular complexity index is 595. The summed E-state index contributed by atoms with van der Waals surface area (Å²) < 4.78 is 28.9. The third-order valence-electron chi connectivity index (χ3n) is 4.77. The molecule has 1 aliphatic carbocycles. The summed E-state index contributed by atoms with van der Waals surface area (Å²) in [4.78, 5) is 0. The molecule has 1 aromatic carbocycles. The van der Waals surface area contributed by atoms with Gasteiger partial charge in [-0.3, -0.25) is 0 Å². The summed E-state index contributed by atoms with van der Waals surface area (Å²) in [5.74, 6) is 0.942. The lowest BCUT2D eigenvalue weighted by Crippen LogP contribution is -2.45. The van der Waals surface area contributed by atoms with Crippen LogP contribution in [0.2, 0.25) is 0 Å². The van der Waals surface area contributed by atoms with Crippen molar-refractivity contribution in [1.29, 1.82) is 0 Å². The quantitative estimate of drug-likeness (QED) is 0.927. The van der Waals surface area contributed by atoms with E-state index in [-0.39, 0.29) is 11.2 Å². The maximum Gasteiger partial charge on any atom is 0.150 e. The molecule has 5 heteroatoms. The number of benzene rings is 1. The van der Waals surface area contributed by atoms with Crippen LogP contribution in [0.5, 0.6) is 5.75 Å². The van der Waals surface area contributed by atoms with Crippen molar-refractivity contribution in [3.63, 3.8) is 0 Å². The Morgan fingerprint density at radius 1 is 1.33 bits per heavy atom. The Morgan fingerprint density at radius 3 is 2.67 bits per heavy atom. The predicted octanol–water partition coefficient (Wildman–Crippen LogP) is 2.47. The second-order valence-corrected chi connectivity index (χ2v) is 8.66. The molecule has 1 aromatic rings. The molecule has 0 saturated heterocycles. The van der Waals surface area contributed by atoms with Crippen LogP contribution < -0.4 is 10.5 Å². The van der Waals surface area contributed by atoms with Gasteiger partial charge in [0.2, 0.25) is 0 Å². The molecule has 3 unspecified atom stereocenters. The number of nitrogens with two attached hydrogens (primary N) is 1. The van der Waals surface area contributed by atoms with E-state index in [1.54, 1.807) is 7.11 Å². The molecule has 21 heavy (non-hydrogen) atoms. The smallest absolute Gasteiger partial charge is 0.150 e. The molecule has 2 N–H and O–H groups in total. The van der Waals surface area contributed by atoms with E-state index >= 15 is 0 Å². The number of hydrogen-bond acceptors (Lipinski definition) is 4. The summed E-state index contributed by atoms with van der Waals surface area (Å²) in [6.07, 6.45) is 4.61. The maximum atomic E-state index is 11.8. The van der Waals surface area contributed by atoms with E-state index in [9.17, 15) is 8.42 Å². The largest absolute Gasteiger partial charge is 0.497 e. The van der Waals surface area contributed by atoms with Gasteiger partial charge in [0, 0.05) is 11.8 Å². The van der Waals surface area contributed by atoms with Gasteiger partial charge in [0.1, 0.15) is 15.6 Å². The third-order valence-corrected chi connectivity index (χ3v) is 6.41. The Balaban J connectivity index is 2.25. The minimum atomic E-state index is -2.99. The van der Waals surface area contributed by atoms with E-state index in [0.29, 0.717) is 6.42 Å². The average Bonchev–Trinajstić information content (AvgIpc) is 2.46. The van der Waals surface area contributed by atoms with Crippen molar-refractivity contribution in [2.45, 2.75) is 43.4 Å². The van der Waals surface area contributed by atoms with Gasteiger partial charge in [-0.2, -0.15) is 0 Å². The first-order valence-corrected chi connectivity index (χ1v) is 9.33. The molecule has 0 aliphatic heterocycles. The van der Waals surface area contributed by atoms with Crippen LogP contribution >= 0.6 is 0 Å². The molecule has 0 amide bonds. The Hall–Kier alpha value is -1.07. The van der Waals surface area contributed by atoms with Crippen LogP contribution in [0.3, 0.4) is 0 Å². The monoisotopic (exact) mass is 311 g/mol. The molecule has 1 saturated carbocycles. The SMILES string of the molecule is COc1cccc(C(C)(N)C2CCCC(S(C)(=O)=O)C2)c1. The lowest BCUT2D eigenvalue weighted by molar-refractivity contribution is 0.225. The molecule has 0 spiro atoms. The zero-order valence-electron chi connectivity index (χ0n) is 13.0. The van der Waals surface area contributed by atoms with Crippen molar-refractivity contribution in [1.82, 2.24) is 0 Å². The number of rotatable bonds is 4. The number of methoxy groups -OCH3 is 1. The van der Waals surface area contributed by atoms with Crippen molar-refractivity contribution in [3.05, 3.63) is 29.8 Å². The molecule has 1 fully saturated rings. The van der Waals surface area contributed by atoms with Crippen molar-refractivity contribution in [2.75, 3.05) is 13.4 Å². The van der Waals surface area contributed by atoms with Crippen molar-refractivity contribution in [2.24, 2.45) is 11.7 Å². The van der Waals surface area contributed by atoms with Crippen LogP contribution in [0.1, 0.15) is 38.2 Å². The predicted molar refractivity (Wildman–Crippen MR) is 85.1 cm³/mol. The van der Waals surface area contributed by atoms with E-state index in [1.165, 1.54) is 6.26 Å². The summed E-state index contributed by atoms with van der Waals surface area (Å²) in [6.45, 7) is 2.00. The first kappa shape index (κ1) is 16.3. The number of hydrogen-bond donors (Lipinski definition) is 1. The molecular formula is C16H25NO3S. The number of ether oxygens (including phenoxy) is 1. The van der Waals surface area contributed by atoms with Crippen molar-refractivity contribution >= 4 is 9.84 Å². The van der Waals surface area contributed by atoms with Crippen LogP contribution in [-0.2, 0) is 15.4 Å². The van der Waals surface area contributed by atoms with Gasteiger partial charge in [-0.05, 0) is 49.8 Å². The highest BCUT2D eigenvalue weighted by molar-refractivity contribution is 7.91. The molecule has 2 rings (SSSR count). The van der Waals surface area contributed by atoms with Gasteiger partial charge in [0.15, 0.2) is 0 Å². The van der Waals surface area contributed by atoms with Gasteiger partial charge >= 0.3 is 0 Å². The Labute approximate surface area is 127 Å².